The van der Waals surface area contributed by atoms with Gasteiger partial charge < -0.3 is 14.8 Å². The molecule has 3 aromatic rings. The molecule has 1 atom stereocenters. The van der Waals surface area contributed by atoms with Crippen LogP contribution in [0.1, 0.15) is 30.5 Å². The van der Waals surface area contributed by atoms with E-state index >= 15 is 0 Å². The lowest BCUT2D eigenvalue weighted by Gasteiger charge is -2.18. The molecule has 0 unspecified atom stereocenters. The summed E-state index contributed by atoms with van der Waals surface area (Å²) in [7, 11) is 1.52. The van der Waals surface area contributed by atoms with Gasteiger partial charge in [0.15, 0.2) is 0 Å². The van der Waals surface area contributed by atoms with E-state index in [0.29, 0.717) is 16.9 Å². The van der Waals surface area contributed by atoms with E-state index in [4.69, 9.17) is 9.47 Å². The highest BCUT2D eigenvalue weighted by atomic mass is 19.4. The van der Waals surface area contributed by atoms with Crippen LogP contribution in [-0.2, 0) is 27.0 Å². The van der Waals surface area contributed by atoms with Crippen LogP contribution in [0.5, 0.6) is 5.75 Å². The number of halogens is 3. The van der Waals surface area contributed by atoms with E-state index < -0.39 is 29.7 Å². The number of amides is 1. The average Bonchev–Trinajstić information content (AvgIpc) is 3.26. The lowest BCUT2D eigenvalue weighted by atomic mass is 10.0. The summed E-state index contributed by atoms with van der Waals surface area (Å²) in [5, 5.41) is 14.4. The number of benzene rings is 2. The molecule has 1 heterocycles. The van der Waals surface area contributed by atoms with Gasteiger partial charge in [0, 0.05) is 5.56 Å². The summed E-state index contributed by atoms with van der Waals surface area (Å²) < 4.78 is 48.3. The average molecular weight is 477 g/mol. The molecule has 0 aliphatic rings. The summed E-state index contributed by atoms with van der Waals surface area (Å²) in [6.07, 6.45) is -4.54. The molecule has 3 rings (SSSR count). The highest BCUT2D eigenvalue weighted by Crippen LogP contribution is 2.30. The van der Waals surface area contributed by atoms with Crippen molar-refractivity contribution in [3.8, 4) is 17.1 Å². The van der Waals surface area contributed by atoms with E-state index in [9.17, 15) is 22.8 Å². The highest BCUT2D eigenvalue weighted by Gasteiger charge is 2.30. The van der Waals surface area contributed by atoms with Crippen LogP contribution in [0.2, 0.25) is 0 Å². The van der Waals surface area contributed by atoms with Crippen molar-refractivity contribution < 1.29 is 32.2 Å². The molecule has 0 saturated heterocycles. The first-order valence-corrected chi connectivity index (χ1v) is 10.2. The Morgan fingerprint density at radius 1 is 1.09 bits per heavy atom. The molecule has 0 fully saturated rings. The largest absolute Gasteiger partial charge is 0.497 e. The zero-order valence-electron chi connectivity index (χ0n) is 18.4. The highest BCUT2D eigenvalue weighted by molar-refractivity contribution is 5.78. The number of tetrazole rings is 1. The normalized spacial score (nSPS) is 12.1. The third kappa shape index (κ3) is 6.53. The predicted octanol–water partition coefficient (Wildman–Crippen LogP) is 3.18. The number of carbonyl (C=O) groups excluding carboxylic acids is 2. The van der Waals surface area contributed by atoms with Crippen molar-refractivity contribution in [1.29, 1.82) is 0 Å². The third-order valence-corrected chi connectivity index (χ3v) is 4.74. The molecule has 12 heteroatoms. The molecule has 34 heavy (non-hydrogen) atoms. The topological polar surface area (TPSA) is 108 Å². The van der Waals surface area contributed by atoms with Gasteiger partial charge in [-0.2, -0.15) is 18.0 Å². The lowest BCUT2D eigenvalue weighted by Crippen LogP contribution is -2.33. The quantitative estimate of drug-likeness (QED) is 0.472. The number of nitrogens with zero attached hydrogens (tertiary/aromatic N) is 4. The van der Waals surface area contributed by atoms with Crippen molar-refractivity contribution in [2.45, 2.75) is 32.1 Å². The fourth-order valence-electron chi connectivity index (χ4n) is 3.08. The van der Waals surface area contributed by atoms with Crippen LogP contribution >= 0.6 is 0 Å². The fraction of sp³-hybridized carbons (Fsp3) is 0.318. The fourth-order valence-corrected chi connectivity index (χ4v) is 3.08. The van der Waals surface area contributed by atoms with Crippen molar-refractivity contribution in [2.75, 3.05) is 13.7 Å². The Hall–Kier alpha value is -3.96. The second-order valence-corrected chi connectivity index (χ2v) is 7.12. The number of rotatable bonds is 9. The molecule has 0 radical (unpaired) electrons. The molecule has 2 aromatic carbocycles. The van der Waals surface area contributed by atoms with Crippen LogP contribution < -0.4 is 10.1 Å². The number of esters is 1. The number of methoxy groups -OCH3 is 1. The predicted molar refractivity (Wildman–Crippen MR) is 113 cm³/mol. The maximum Gasteiger partial charge on any atom is 0.416 e. The van der Waals surface area contributed by atoms with Gasteiger partial charge in [-0.25, -0.2) is 0 Å². The molecule has 1 N–H and O–H groups in total. The lowest BCUT2D eigenvalue weighted by molar-refractivity contribution is -0.144. The maximum atomic E-state index is 12.7. The van der Waals surface area contributed by atoms with Crippen molar-refractivity contribution in [3.63, 3.8) is 0 Å². The van der Waals surface area contributed by atoms with Crippen molar-refractivity contribution in [1.82, 2.24) is 25.5 Å². The number of ether oxygens (including phenoxy) is 2. The molecule has 9 nitrogen and oxygen atoms in total. The van der Waals surface area contributed by atoms with Gasteiger partial charge in [0.25, 0.3) is 0 Å². The second kappa shape index (κ2) is 10.8. The Labute approximate surface area is 192 Å². The number of hydrogen-bond donors (Lipinski definition) is 1. The second-order valence-electron chi connectivity index (χ2n) is 7.12. The van der Waals surface area contributed by atoms with Crippen LogP contribution in [0.15, 0.2) is 48.5 Å². The number of nitrogens with one attached hydrogen (secondary N) is 1. The Kier molecular flexibility index (Phi) is 7.82. The van der Waals surface area contributed by atoms with E-state index in [1.54, 1.807) is 31.2 Å². The molecular formula is C22H22F3N5O4. The summed E-state index contributed by atoms with van der Waals surface area (Å²) in [4.78, 5) is 25.7. The van der Waals surface area contributed by atoms with Crippen LogP contribution in [-0.4, -0.2) is 45.8 Å². The van der Waals surface area contributed by atoms with Crippen LogP contribution in [0, 0.1) is 0 Å². The number of carbonyl (C=O) groups is 2. The minimum atomic E-state index is -4.45. The monoisotopic (exact) mass is 477 g/mol. The molecule has 0 aliphatic heterocycles. The SMILES string of the molecule is CCOC(=O)C[C@@H](NC(=O)Cn1nnc(-c2ccc(C(F)(F)F)cc2)n1)c1ccc(OC)cc1. The number of alkyl halides is 3. The van der Waals surface area contributed by atoms with Crippen molar-refractivity contribution >= 4 is 11.9 Å². The molecular weight excluding hydrogens is 455 g/mol. The molecule has 1 amide bonds. The summed E-state index contributed by atoms with van der Waals surface area (Å²) in [5.74, 6) is -0.291. The van der Waals surface area contributed by atoms with Crippen molar-refractivity contribution in [2.24, 2.45) is 0 Å². The van der Waals surface area contributed by atoms with Crippen LogP contribution in [0.25, 0.3) is 11.4 Å². The first-order chi connectivity index (χ1) is 16.2. The molecule has 1 aromatic heterocycles. The van der Waals surface area contributed by atoms with E-state index in [1.165, 1.54) is 19.2 Å². The van der Waals surface area contributed by atoms with Gasteiger partial charge in [-0.1, -0.05) is 24.3 Å². The van der Waals surface area contributed by atoms with Gasteiger partial charge >= 0.3 is 12.1 Å². The van der Waals surface area contributed by atoms with Crippen molar-refractivity contribution in [3.05, 3.63) is 59.7 Å². The zero-order valence-corrected chi connectivity index (χ0v) is 18.4. The van der Waals surface area contributed by atoms with Gasteiger partial charge in [-0.3, -0.25) is 9.59 Å². The Bertz CT molecular complexity index is 1110. The van der Waals surface area contributed by atoms with Gasteiger partial charge in [0.2, 0.25) is 11.7 Å². The van der Waals surface area contributed by atoms with Gasteiger partial charge in [0.1, 0.15) is 12.3 Å². The maximum absolute atomic E-state index is 12.7. The summed E-state index contributed by atoms with van der Waals surface area (Å²) >= 11 is 0. The minimum absolute atomic E-state index is 0.0692. The number of aromatic nitrogens is 4. The van der Waals surface area contributed by atoms with Gasteiger partial charge in [-0.15, -0.1) is 10.2 Å². The summed E-state index contributed by atoms with van der Waals surface area (Å²) in [6.45, 7) is 1.57. The molecule has 0 spiro atoms. The van der Waals surface area contributed by atoms with E-state index in [-0.39, 0.29) is 25.4 Å². The van der Waals surface area contributed by atoms with E-state index in [0.717, 1.165) is 16.9 Å². The molecule has 180 valence electrons. The number of hydrogen-bond acceptors (Lipinski definition) is 7. The molecule has 0 aliphatic carbocycles. The smallest absolute Gasteiger partial charge is 0.416 e. The third-order valence-electron chi connectivity index (χ3n) is 4.74. The zero-order chi connectivity index (χ0) is 24.7. The van der Waals surface area contributed by atoms with Gasteiger partial charge in [-0.05, 0) is 42.0 Å². The Morgan fingerprint density at radius 2 is 1.76 bits per heavy atom. The minimum Gasteiger partial charge on any atom is -0.497 e. The Balaban J connectivity index is 1.69. The first kappa shape index (κ1) is 24.7. The van der Waals surface area contributed by atoms with E-state index in [1.807, 2.05) is 0 Å². The van der Waals surface area contributed by atoms with Crippen LogP contribution in [0.4, 0.5) is 13.2 Å². The summed E-state index contributed by atoms with van der Waals surface area (Å²) in [5.41, 5.74) is 0.187. The standard InChI is InChI=1S/C22H22F3N5O4/c1-3-34-20(32)12-18(14-6-10-17(33-2)11-7-14)26-19(31)13-30-28-21(27-29-30)15-4-8-16(9-5-15)22(23,24)25/h4-11,18H,3,12-13H2,1-2H3,(H,26,31)/t18-/m1/s1. The summed E-state index contributed by atoms with van der Waals surface area (Å²) in [6, 6.07) is 10.5. The molecule has 0 saturated carbocycles. The molecule has 0 bridgehead atoms. The first-order valence-electron chi connectivity index (χ1n) is 10.2. The Morgan fingerprint density at radius 3 is 2.35 bits per heavy atom. The van der Waals surface area contributed by atoms with E-state index in [2.05, 4.69) is 20.7 Å². The van der Waals surface area contributed by atoms with Gasteiger partial charge in [0.05, 0.1) is 31.7 Å². The van der Waals surface area contributed by atoms with Crippen LogP contribution in [0.3, 0.4) is 0 Å².